The molecule has 5 nitrogen and oxygen atoms in total. The van der Waals surface area contributed by atoms with Crippen LogP contribution in [0.5, 0.6) is 0 Å². The molecule has 3 aliphatic rings. The van der Waals surface area contributed by atoms with Crippen molar-refractivity contribution in [3.63, 3.8) is 0 Å². The molecular formula is C24H29NO4. The van der Waals surface area contributed by atoms with Gasteiger partial charge in [0.2, 0.25) is 0 Å². The van der Waals surface area contributed by atoms with Crippen molar-refractivity contribution in [2.75, 3.05) is 0 Å². The smallest absolute Gasteiger partial charge is 0.303 e. The lowest BCUT2D eigenvalue weighted by Gasteiger charge is -2.56. The number of aliphatic carboxylic acids is 1. The zero-order chi connectivity index (χ0) is 20.4. The number of rotatable bonds is 8. The number of nitrogens with one attached hydrogen (secondary N) is 1. The Bertz CT molecular complexity index is 914. The Hall–Kier alpha value is -2.56. The summed E-state index contributed by atoms with van der Waals surface area (Å²) in [5.74, 6) is 1.73. The standard InChI is InChI=1S/C24H29NO4/c1-15-17-13-20(15)18(8-4-2-3-5-10-22(26)27)21(14-17)25-24(28)19-9-6-7-16-11-12-29-23(16)19/h2,4,6-7,9,11-12,15,17-18,20-21H,3,5,8,10,13-14H2,1H3,(H,25,28)(H,26,27)/b4-2-/t15?,17-,18+,20-,21-/m1/s1. The van der Waals surface area contributed by atoms with E-state index in [0.29, 0.717) is 35.3 Å². The first-order valence-electron chi connectivity index (χ1n) is 10.7. The second-order valence-electron chi connectivity index (χ2n) is 8.64. The van der Waals surface area contributed by atoms with E-state index in [1.165, 1.54) is 6.42 Å². The van der Waals surface area contributed by atoms with Crippen LogP contribution in [-0.4, -0.2) is 23.0 Å². The van der Waals surface area contributed by atoms with Gasteiger partial charge in [0.05, 0.1) is 11.8 Å². The van der Waals surface area contributed by atoms with Crippen LogP contribution in [0.3, 0.4) is 0 Å². The SMILES string of the molecule is CC1[C@@H]2C[C@H]1[C@H](C/C=C\CCCC(=O)O)[C@H](NC(=O)c1cccc3ccoc13)C2. The molecule has 1 unspecified atom stereocenters. The molecule has 0 spiro atoms. The van der Waals surface area contributed by atoms with Crippen molar-refractivity contribution in [1.82, 2.24) is 5.32 Å². The lowest BCUT2D eigenvalue weighted by Crippen LogP contribution is -2.56. The number of fused-ring (bicyclic) bond motifs is 3. The van der Waals surface area contributed by atoms with E-state index in [2.05, 4.69) is 24.4 Å². The number of hydrogen-bond acceptors (Lipinski definition) is 3. The Labute approximate surface area is 171 Å². The number of benzene rings is 1. The fraction of sp³-hybridized carbons (Fsp3) is 0.500. The molecule has 0 radical (unpaired) electrons. The van der Waals surface area contributed by atoms with Crippen LogP contribution in [0.2, 0.25) is 0 Å². The molecule has 2 N–H and O–H groups in total. The van der Waals surface area contributed by atoms with Gasteiger partial charge in [-0.1, -0.05) is 31.2 Å². The number of carboxylic acids is 1. The average Bonchev–Trinajstić information content (AvgIpc) is 3.19. The zero-order valence-corrected chi connectivity index (χ0v) is 16.8. The lowest BCUT2D eigenvalue weighted by molar-refractivity contribution is -0.137. The predicted octanol–water partition coefficient (Wildman–Crippen LogP) is 5.02. The number of allylic oxidation sites excluding steroid dienone is 2. The summed E-state index contributed by atoms with van der Waals surface area (Å²) in [6.45, 7) is 2.34. The Morgan fingerprint density at radius 3 is 2.90 bits per heavy atom. The highest BCUT2D eigenvalue weighted by molar-refractivity contribution is 6.04. The summed E-state index contributed by atoms with van der Waals surface area (Å²) in [7, 11) is 0. The largest absolute Gasteiger partial charge is 0.481 e. The van der Waals surface area contributed by atoms with Gasteiger partial charge >= 0.3 is 5.97 Å². The number of carbonyl (C=O) groups excluding carboxylic acids is 1. The van der Waals surface area contributed by atoms with Crippen molar-refractivity contribution in [1.29, 1.82) is 0 Å². The summed E-state index contributed by atoms with van der Waals surface area (Å²) < 4.78 is 5.54. The summed E-state index contributed by atoms with van der Waals surface area (Å²) in [4.78, 5) is 23.6. The van der Waals surface area contributed by atoms with Gasteiger partial charge in [0.15, 0.2) is 0 Å². The van der Waals surface area contributed by atoms with Crippen LogP contribution in [-0.2, 0) is 4.79 Å². The highest BCUT2D eigenvalue weighted by Gasteiger charge is 2.50. The third-order valence-electron chi connectivity index (χ3n) is 6.99. The van der Waals surface area contributed by atoms with E-state index < -0.39 is 5.97 Å². The van der Waals surface area contributed by atoms with Gasteiger partial charge in [-0.3, -0.25) is 9.59 Å². The average molecular weight is 395 g/mol. The maximum atomic E-state index is 13.0. The second kappa shape index (κ2) is 8.44. The summed E-state index contributed by atoms with van der Waals surface area (Å²) in [6.07, 6.45) is 10.8. The number of carboxylic acid groups (broad SMARTS) is 1. The van der Waals surface area contributed by atoms with Gasteiger partial charge in [-0.2, -0.15) is 0 Å². The number of amides is 1. The van der Waals surface area contributed by atoms with Crippen molar-refractivity contribution < 1.29 is 19.1 Å². The molecule has 5 heteroatoms. The number of para-hydroxylation sites is 1. The molecule has 1 aromatic heterocycles. The summed E-state index contributed by atoms with van der Waals surface area (Å²) in [5, 5.41) is 13.0. The quantitative estimate of drug-likeness (QED) is 0.486. The van der Waals surface area contributed by atoms with Crippen molar-refractivity contribution in [3.05, 3.63) is 48.2 Å². The third kappa shape index (κ3) is 4.09. The minimum absolute atomic E-state index is 0.0556. The molecule has 3 fully saturated rings. The minimum Gasteiger partial charge on any atom is -0.481 e. The molecule has 29 heavy (non-hydrogen) atoms. The molecule has 154 valence electrons. The highest BCUT2D eigenvalue weighted by atomic mass is 16.4. The molecule has 0 aliphatic heterocycles. The molecule has 1 aromatic carbocycles. The van der Waals surface area contributed by atoms with Crippen molar-refractivity contribution in [2.45, 2.75) is 51.5 Å². The molecule has 1 heterocycles. The molecular weight excluding hydrogens is 366 g/mol. The third-order valence-corrected chi connectivity index (χ3v) is 6.99. The Kier molecular flexibility index (Phi) is 5.74. The Morgan fingerprint density at radius 1 is 1.24 bits per heavy atom. The maximum Gasteiger partial charge on any atom is 0.303 e. The highest BCUT2D eigenvalue weighted by Crippen LogP contribution is 2.54. The molecule has 2 aromatic rings. The van der Waals surface area contributed by atoms with Crippen molar-refractivity contribution in [3.8, 4) is 0 Å². The van der Waals surface area contributed by atoms with Crippen LogP contribution in [0.15, 0.2) is 47.1 Å². The van der Waals surface area contributed by atoms with E-state index in [0.717, 1.165) is 30.6 Å². The second-order valence-corrected chi connectivity index (χ2v) is 8.64. The first-order chi connectivity index (χ1) is 14.0. The fourth-order valence-corrected chi connectivity index (χ4v) is 5.27. The first-order valence-corrected chi connectivity index (χ1v) is 10.7. The Balaban J connectivity index is 1.41. The normalized spacial score (nSPS) is 28.4. The molecule has 5 atom stereocenters. The number of furan rings is 1. The molecule has 2 bridgehead atoms. The summed E-state index contributed by atoms with van der Waals surface area (Å²) in [6, 6.07) is 7.72. The number of hydrogen-bond donors (Lipinski definition) is 2. The van der Waals surface area contributed by atoms with E-state index in [9.17, 15) is 9.59 Å². The van der Waals surface area contributed by atoms with Crippen LogP contribution in [0.1, 0.15) is 55.8 Å². The van der Waals surface area contributed by atoms with Gasteiger partial charge in [-0.15, -0.1) is 0 Å². The van der Waals surface area contributed by atoms with Crippen LogP contribution in [0, 0.1) is 23.7 Å². The molecule has 0 saturated heterocycles. The van der Waals surface area contributed by atoms with Gasteiger partial charge in [0.1, 0.15) is 5.58 Å². The van der Waals surface area contributed by atoms with Gasteiger partial charge in [0.25, 0.3) is 5.91 Å². The minimum atomic E-state index is -0.741. The van der Waals surface area contributed by atoms with E-state index in [1.54, 1.807) is 6.26 Å². The molecule has 5 rings (SSSR count). The van der Waals surface area contributed by atoms with Gasteiger partial charge in [-0.05, 0) is 67.9 Å². The fourth-order valence-electron chi connectivity index (χ4n) is 5.27. The Morgan fingerprint density at radius 2 is 2.10 bits per heavy atom. The summed E-state index contributed by atoms with van der Waals surface area (Å²) in [5.41, 5.74) is 1.25. The molecule has 3 saturated carbocycles. The predicted molar refractivity (Wildman–Crippen MR) is 112 cm³/mol. The van der Waals surface area contributed by atoms with E-state index in [-0.39, 0.29) is 18.4 Å². The van der Waals surface area contributed by atoms with Gasteiger partial charge in [0, 0.05) is 17.8 Å². The van der Waals surface area contributed by atoms with Crippen LogP contribution in [0.25, 0.3) is 11.0 Å². The van der Waals surface area contributed by atoms with Gasteiger partial charge in [-0.25, -0.2) is 0 Å². The maximum absolute atomic E-state index is 13.0. The van der Waals surface area contributed by atoms with E-state index >= 15 is 0 Å². The first kappa shape index (κ1) is 19.7. The number of carbonyl (C=O) groups is 2. The monoisotopic (exact) mass is 395 g/mol. The van der Waals surface area contributed by atoms with Crippen molar-refractivity contribution in [2.24, 2.45) is 23.7 Å². The van der Waals surface area contributed by atoms with Crippen LogP contribution >= 0.6 is 0 Å². The molecule has 1 amide bonds. The zero-order valence-electron chi connectivity index (χ0n) is 16.8. The van der Waals surface area contributed by atoms with Crippen molar-refractivity contribution >= 4 is 22.8 Å². The van der Waals surface area contributed by atoms with E-state index in [1.807, 2.05) is 24.3 Å². The summed E-state index contributed by atoms with van der Waals surface area (Å²) >= 11 is 0. The van der Waals surface area contributed by atoms with Crippen LogP contribution in [0.4, 0.5) is 0 Å². The molecule has 3 aliphatic carbocycles. The topological polar surface area (TPSA) is 79.5 Å². The van der Waals surface area contributed by atoms with Gasteiger partial charge < -0.3 is 14.8 Å². The van der Waals surface area contributed by atoms with E-state index in [4.69, 9.17) is 9.52 Å². The number of unbranched alkanes of at least 4 members (excludes halogenated alkanes) is 1. The van der Waals surface area contributed by atoms with Crippen LogP contribution < -0.4 is 5.32 Å². The lowest BCUT2D eigenvalue weighted by atomic mass is 9.51.